The van der Waals surface area contributed by atoms with Crippen molar-refractivity contribution in [3.63, 3.8) is 0 Å². The number of likely N-dealkylation sites (tertiary alicyclic amines) is 1. The molecule has 1 aliphatic rings. The van der Waals surface area contributed by atoms with Crippen molar-refractivity contribution in [1.82, 2.24) is 4.90 Å². The van der Waals surface area contributed by atoms with Gasteiger partial charge in [0, 0.05) is 18.6 Å². The molecular formula is C24H25FN2. The molecule has 2 N–H and O–H groups in total. The van der Waals surface area contributed by atoms with E-state index in [-0.39, 0.29) is 23.9 Å². The molecule has 2 nitrogen and oxygen atoms in total. The van der Waals surface area contributed by atoms with E-state index in [1.54, 1.807) is 13.0 Å². The Balaban J connectivity index is 1.65. The number of aryl methyl sites for hydroxylation is 1. The number of benzene rings is 3. The molecule has 3 aromatic rings. The lowest BCUT2D eigenvalue weighted by atomic mass is 9.85. The van der Waals surface area contributed by atoms with Gasteiger partial charge in [-0.25, -0.2) is 4.39 Å². The molecule has 138 valence electrons. The average Bonchev–Trinajstić information content (AvgIpc) is 2.68. The Bertz CT molecular complexity index is 855. The van der Waals surface area contributed by atoms with Gasteiger partial charge in [0.05, 0.1) is 6.04 Å². The quantitative estimate of drug-likeness (QED) is 0.694. The van der Waals surface area contributed by atoms with Crippen LogP contribution in [0.25, 0.3) is 0 Å². The van der Waals surface area contributed by atoms with Gasteiger partial charge in [0.25, 0.3) is 0 Å². The molecule has 3 heteroatoms. The Morgan fingerprint density at radius 2 is 1.48 bits per heavy atom. The predicted octanol–water partition coefficient (Wildman–Crippen LogP) is 5.00. The summed E-state index contributed by atoms with van der Waals surface area (Å²) in [5.41, 5.74) is 10.6. The summed E-state index contributed by atoms with van der Waals surface area (Å²) >= 11 is 0. The van der Waals surface area contributed by atoms with Crippen molar-refractivity contribution in [3.05, 3.63) is 107 Å². The highest BCUT2D eigenvalue weighted by molar-refractivity contribution is 5.34. The van der Waals surface area contributed by atoms with E-state index < -0.39 is 0 Å². The van der Waals surface area contributed by atoms with Crippen LogP contribution in [0, 0.1) is 12.7 Å². The van der Waals surface area contributed by atoms with Crippen LogP contribution < -0.4 is 5.73 Å². The van der Waals surface area contributed by atoms with Gasteiger partial charge in [-0.15, -0.1) is 0 Å². The molecule has 0 aromatic heterocycles. The molecule has 0 amide bonds. The van der Waals surface area contributed by atoms with E-state index in [9.17, 15) is 4.39 Å². The molecular weight excluding hydrogens is 335 g/mol. The van der Waals surface area contributed by atoms with E-state index >= 15 is 0 Å². The first-order valence-corrected chi connectivity index (χ1v) is 9.52. The SMILES string of the molecule is Cc1ccc([C@H](N)[C@@H]2CCN2C(c2ccccc2)c2ccccc2)cc1F. The van der Waals surface area contributed by atoms with Crippen molar-refractivity contribution in [1.29, 1.82) is 0 Å². The second kappa shape index (κ2) is 7.63. The van der Waals surface area contributed by atoms with Crippen molar-refractivity contribution >= 4 is 0 Å². The summed E-state index contributed by atoms with van der Waals surface area (Å²) in [5.74, 6) is -0.184. The van der Waals surface area contributed by atoms with Gasteiger partial charge in [0.1, 0.15) is 5.82 Å². The number of hydrogen-bond donors (Lipinski definition) is 1. The minimum absolute atomic E-state index is 0.160. The standard InChI is InChI=1S/C24H25FN2/c1-17-12-13-20(16-21(17)25)23(26)22-14-15-27(22)24(18-8-4-2-5-9-18)19-10-6-3-7-11-19/h2-13,16,22-24H,14-15,26H2,1H3/t22-,23-/m0/s1. The number of hydrogen-bond acceptors (Lipinski definition) is 2. The zero-order valence-electron chi connectivity index (χ0n) is 15.6. The van der Waals surface area contributed by atoms with Crippen LogP contribution in [-0.4, -0.2) is 17.5 Å². The smallest absolute Gasteiger partial charge is 0.126 e. The third-order valence-electron chi connectivity index (χ3n) is 5.67. The van der Waals surface area contributed by atoms with Crippen LogP contribution >= 0.6 is 0 Å². The summed E-state index contributed by atoms with van der Waals surface area (Å²) in [6, 6.07) is 26.6. The Hall–Kier alpha value is -2.49. The lowest BCUT2D eigenvalue weighted by Crippen LogP contribution is -2.54. The van der Waals surface area contributed by atoms with Crippen molar-refractivity contribution in [2.24, 2.45) is 5.73 Å². The third kappa shape index (κ3) is 3.53. The highest BCUT2D eigenvalue weighted by atomic mass is 19.1. The molecule has 1 saturated heterocycles. The molecule has 1 fully saturated rings. The third-order valence-corrected chi connectivity index (χ3v) is 5.67. The number of rotatable bonds is 5. The Kier molecular flexibility index (Phi) is 5.06. The lowest BCUT2D eigenvalue weighted by molar-refractivity contribution is 0.0392. The van der Waals surface area contributed by atoms with Gasteiger partial charge in [-0.3, -0.25) is 4.90 Å². The summed E-state index contributed by atoms with van der Waals surface area (Å²) in [6.45, 7) is 2.77. The molecule has 0 saturated carbocycles. The summed E-state index contributed by atoms with van der Waals surface area (Å²) in [4.78, 5) is 2.45. The van der Waals surface area contributed by atoms with Crippen LogP contribution in [0.2, 0.25) is 0 Å². The van der Waals surface area contributed by atoms with E-state index in [2.05, 4.69) is 53.4 Å². The first-order valence-electron chi connectivity index (χ1n) is 9.52. The highest BCUT2D eigenvalue weighted by Crippen LogP contribution is 2.39. The second-order valence-electron chi connectivity index (χ2n) is 7.35. The number of nitrogens with two attached hydrogens (primary N) is 1. The van der Waals surface area contributed by atoms with E-state index in [1.165, 1.54) is 11.1 Å². The number of nitrogens with zero attached hydrogens (tertiary/aromatic N) is 1. The van der Waals surface area contributed by atoms with Gasteiger partial charge in [-0.1, -0.05) is 72.8 Å². The molecule has 0 spiro atoms. The fourth-order valence-corrected chi connectivity index (χ4v) is 4.02. The van der Waals surface area contributed by atoms with Crippen LogP contribution in [0.3, 0.4) is 0 Å². The van der Waals surface area contributed by atoms with Gasteiger partial charge in [0.15, 0.2) is 0 Å². The van der Waals surface area contributed by atoms with Crippen LogP contribution in [0.4, 0.5) is 4.39 Å². The Labute approximate surface area is 160 Å². The zero-order valence-corrected chi connectivity index (χ0v) is 15.6. The maximum Gasteiger partial charge on any atom is 0.126 e. The van der Waals surface area contributed by atoms with Crippen LogP contribution in [-0.2, 0) is 0 Å². The van der Waals surface area contributed by atoms with Crippen LogP contribution in [0.1, 0.15) is 40.8 Å². The number of halogens is 1. The maximum absolute atomic E-state index is 14.0. The zero-order chi connectivity index (χ0) is 18.8. The first kappa shape index (κ1) is 17.9. The van der Waals surface area contributed by atoms with Gasteiger partial charge >= 0.3 is 0 Å². The van der Waals surface area contributed by atoms with Crippen molar-refractivity contribution in [2.45, 2.75) is 31.5 Å². The van der Waals surface area contributed by atoms with Crippen LogP contribution in [0.15, 0.2) is 78.9 Å². The first-order chi connectivity index (χ1) is 13.1. The molecule has 0 radical (unpaired) electrons. The average molecular weight is 360 g/mol. The minimum Gasteiger partial charge on any atom is -0.323 e. The fourth-order valence-electron chi connectivity index (χ4n) is 4.02. The van der Waals surface area contributed by atoms with E-state index in [0.29, 0.717) is 5.56 Å². The normalized spacial score (nSPS) is 18.3. The van der Waals surface area contributed by atoms with E-state index in [1.807, 2.05) is 24.3 Å². The van der Waals surface area contributed by atoms with E-state index in [4.69, 9.17) is 5.73 Å². The fraction of sp³-hybridized carbons (Fsp3) is 0.250. The Morgan fingerprint density at radius 3 is 1.96 bits per heavy atom. The minimum atomic E-state index is -0.205. The summed E-state index contributed by atoms with van der Waals surface area (Å²) in [6.07, 6.45) is 1.02. The molecule has 4 rings (SSSR count). The van der Waals surface area contributed by atoms with Gasteiger partial charge in [0.2, 0.25) is 0 Å². The van der Waals surface area contributed by atoms with Crippen molar-refractivity contribution in [3.8, 4) is 0 Å². The summed E-state index contributed by atoms with van der Waals surface area (Å²) in [5, 5.41) is 0. The largest absolute Gasteiger partial charge is 0.323 e. The predicted molar refractivity (Wildman–Crippen MR) is 108 cm³/mol. The molecule has 1 aliphatic heterocycles. The highest BCUT2D eigenvalue weighted by Gasteiger charge is 2.39. The van der Waals surface area contributed by atoms with Gasteiger partial charge in [-0.2, -0.15) is 0 Å². The van der Waals surface area contributed by atoms with Crippen molar-refractivity contribution in [2.75, 3.05) is 6.54 Å². The second-order valence-corrected chi connectivity index (χ2v) is 7.35. The molecule has 0 bridgehead atoms. The lowest BCUT2D eigenvalue weighted by Gasteiger charge is -2.49. The Morgan fingerprint density at radius 1 is 0.889 bits per heavy atom. The topological polar surface area (TPSA) is 29.3 Å². The maximum atomic E-state index is 14.0. The summed E-state index contributed by atoms with van der Waals surface area (Å²) < 4.78 is 14.0. The monoisotopic (exact) mass is 360 g/mol. The van der Waals surface area contributed by atoms with E-state index in [0.717, 1.165) is 18.5 Å². The van der Waals surface area contributed by atoms with Crippen molar-refractivity contribution < 1.29 is 4.39 Å². The molecule has 3 aromatic carbocycles. The van der Waals surface area contributed by atoms with Gasteiger partial charge < -0.3 is 5.73 Å². The van der Waals surface area contributed by atoms with Crippen LogP contribution in [0.5, 0.6) is 0 Å². The molecule has 0 aliphatic carbocycles. The molecule has 1 heterocycles. The van der Waals surface area contributed by atoms with Gasteiger partial charge in [-0.05, 0) is 41.7 Å². The molecule has 0 unspecified atom stereocenters. The molecule has 27 heavy (non-hydrogen) atoms. The molecule has 2 atom stereocenters. The summed E-state index contributed by atoms with van der Waals surface area (Å²) in [7, 11) is 0.